The SMILES string of the molecule is COc1ccccc1C[C@H](CNC(=O)[C@@H]1C[C@H]1C1CC1)C(=O)O. The van der Waals surface area contributed by atoms with Crippen molar-refractivity contribution in [2.45, 2.75) is 25.7 Å². The fourth-order valence-electron chi connectivity index (χ4n) is 3.30. The number of nitrogens with one attached hydrogen (secondary N) is 1. The Morgan fingerprint density at radius 1 is 1.35 bits per heavy atom. The number of hydrogen-bond donors (Lipinski definition) is 2. The van der Waals surface area contributed by atoms with Crippen LogP contribution in [-0.4, -0.2) is 30.6 Å². The standard InChI is InChI=1S/C18H23NO4/c1-23-16-5-3-2-4-12(16)8-13(18(21)22)10-19-17(20)15-9-14(15)11-6-7-11/h2-5,11,13-15H,6-10H2,1H3,(H,19,20)(H,21,22)/t13-,14+,15-/m1/s1. The van der Waals surface area contributed by atoms with E-state index in [2.05, 4.69) is 5.32 Å². The van der Waals surface area contributed by atoms with Crippen molar-refractivity contribution >= 4 is 11.9 Å². The number of carboxylic acid groups (broad SMARTS) is 1. The molecule has 5 nitrogen and oxygen atoms in total. The maximum atomic E-state index is 12.1. The van der Waals surface area contributed by atoms with Crippen LogP contribution >= 0.6 is 0 Å². The van der Waals surface area contributed by atoms with E-state index in [-0.39, 0.29) is 18.4 Å². The Kier molecular flexibility index (Phi) is 4.55. The van der Waals surface area contributed by atoms with Crippen LogP contribution in [0.5, 0.6) is 5.75 Å². The summed E-state index contributed by atoms with van der Waals surface area (Å²) in [5.41, 5.74) is 0.846. The Morgan fingerprint density at radius 3 is 2.74 bits per heavy atom. The zero-order valence-electron chi connectivity index (χ0n) is 13.3. The average Bonchev–Trinajstić information content (AvgIpc) is 3.42. The summed E-state index contributed by atoms with van der Waals surface area (Å²) in [4.78, 5) is 23.6. The van der Waals surface area contributed by atoms with Crippen LogP contribution in [0.15, 0.2) is 24.3 Å². The van der Waals surface area contributed by atoms with E-state index < -0.39 is 11.9 Å². The summed E-state index contributed by atoms with van der Waals surface area (Å²) in [6, 6.07) is 7.39. The second kappa shape index (κ2) is 6.60. The van der Waals surface area contributed by atoms with Crippen LogP contribution in [0.25, 0.3) is 0 Å². The number of rotatable bonds is 8. The highest BCUT2D eigenvalue weighted by atomic mass is 16.5. The summed E-state index contributed by atoms with van der Waals surface area (Å²) in [5.74, 6) is 0.568. The molecule has 1 aromatic carbocycles. The maximum absolute atomic E-state index is 12.1. The van der Waals surface area contributed by atoms with E-state index >= 15 is 0 Å². The molecule has 0 unspecified atom stereocenters. The smallest absolute Gasteiger partial charge is 0.308 e. The molecule has 1 amide bonds. The van der Waals surface area contributed by atoms with Crippen LogP contribution in [0.1, 0.15) is 24.8 Å². The first-order valence-electron chi connectivity index (χ1n) is 8.22. The molecule has 5 heteroatoms. The van der Waals surface area contributed by atoms with Gasteiger partial charge in [0.1, 0.15) is 5.75 Å². The molecule has 2 aliphatic carbocycles. The number of hydrogen-bond acceptors (Lipinski definition) is 3. The van der Waals surface area contributed by atoms with Crippen molar-refractivity contribution in [3.8, 4) is 5.75 Å². The molecular formula is C18H23NO4. The van der Waals surface area contributed by atoms with Gasteiger partial charge in [0.25, 0.3) is 0 Å². The van der Waals surface area contributed by atoms with E-state index in [1.165, 1.54) is 12.8 Å². The highest BCUT2D eigenvalue weighted by Crippen LogP contribution is 2.54. The molecule has 23 heavy (non-hydrogen) atoms. The van der Waals surface area contributed by atoms with Gasteiger partial charge in [0.05, 0.1) is 13.0 Å². The quantitative estimate of drug-likeness (QED) is 0.770. The van der Waals surface area contributed by atoms with Crippen molar-refractivity contribution in [3.05, 3.63) is 29.8 Å². The molecule has 0 aliphatic heterocycles. The van der Waals surface area contributed by atoms with Gasteiger partial charge in [-0.1, -0.05) is 18.2 Å². The summed E-state index contributed by atoms with van der Waals surface area (Å²) in [6.45, 7) is 0.167. The molecule has 2 N–H and O–H groups in total. The van der Waals surface area contributed by atoms with Crippen LogP contribution in [-0.2, 0) is 16.0 Å². The van der Waals surface area contributed by atoms with E-state index in [0.29, 0.717) is 18.1 Å². The molecule has 2 saturated carbocycles. The third-order valence-electron chi connectivity index (χ3n) is 4.93. The van der Waals surface area contributed by atoms with Crippen LogP contribution < -0.4 is 10.1 Å². The number of carbonyl (C=O) groups excluding carboxylic acids is 1. The number of carboxylic acids is 1. The molecule has 0 heterocycles. The van der Waals surface area contributed by atoms with Crippen molar-refractivity contribution in [2.75, 3.05) is 13.7 Å². The van der Waals surface area contributed by atoms with Gasteiger partial charge in [-0.2, -0.15) is 0 Å². The minimum atomic E-state index is -0.897. The Balaban J connectivity index is 1.54. The molecule has 3 rings (SSSR count). The highest BCUT2D eigenvalue weighted by Gasteiger charge is 2.51. The largest absolute Gasteiger partial charge is 0.496 e. The van der Waals surface area contributed by atoms with Crippen molar-refractivity contribution in [3.63, 3.8) is 0 Å². The molecular weight excluding hydrogens is 294 g/mol. The molecule has 0 spiro atoms. The minimum Gasteiger partial charge on any atom is -0.496 e. The number of amides is 1. The summed E-state index contributed by atoms with van der Waals surface area (Å²) in [5, 5.41) is 12.3. The zero-order valence-corrected chi connectivity index (χ0v) is 13.3. The molecule has 2 aliphatic rings. The molecule has 0 bridgehead atoms. The number of para-hydroxylation sites is 1. The van der Waals surface area contributed by atoms with Gasteiger partial charge in [-0.05, 0) is 49.1 Å². The second-order valence-electron chi connectivity index (χ2n) is 6.64. The fraction of sp³-hybridized carbons (Fsp3) is 0.556. The van der Waals surface area contributed by atoms with Crippen molar-refractivity contribution in [1.82, 2.24) is 5.32 Å². The van der Waals surface area contributed by atoms with Crippen LogP contribution in [0.2, 0.25) is 0 Å². The molecule has 0 aromatic heterocycles. The molecule has 0 saturated heterocycles. The number of carbonyl (C=O) groups is 2. The number of benzene rings is 1. The Hall–Kier alpha value is -2.04. The number of methoxy groups -OCH3 is 1. The summed E-state index contributed by atoms with van der Waals surface area (Å²) in [6.07, 6.45) is 3.82. The third-order valence-corrected chi connectivity index (χ3v) is 4.93. The lowest BCUT2D eigenvalue weighted by atomic mass is 9.98. The van der Waals surface area contributed by atoms with Crippen LogP contribution in [0.3, 0.4) is 0 Å². The van der Waals surface area contributed by atoms with E-state index in [1.54, 1.807) is 7.11 Å². The predicted molar refractivity (Wildman–Crippen MR) is 85.2 cm³/mol. The normalized spacial score (nSPS) is 23.9. The first kappa shape index (κ1) is 15.8. The van der Waals surface area contributed by atoms with Gasteiger partial charge in [-0.25, -0.2) is 0 Å². The fourth-order valence-corrected chi connectivity index (χ4v) is 3.30. The summed E-state index contributed by atoms with van der Waals surface area (Å²) in [7, 11) is 1.57. The van der Waals surface area contributed by atoms with E-state index in [0.717, 1.165) is 17.9 Å². The molecule has 3 atom stereocenters. The lowest BCUT2D eigenvalue weighted by Gasteiger charge is -2.15. The van der Waals surface area contributed by atoms with Gasteiger partial charge in [0, 0.05) is 12.5 Å². The second-order valence-corrected chi connectivity index (χ2v) is 6.64. The van der Waals surface area contributed by atoms with Crippen molar-refractivity contribution < 1.29 is 19.4 Å². The van der Waals surface area contributed by atoms with Gasteiger partial charge in [-0.15, -0.1) is 0 Å². The minimum absolute atomic E-state index is 0.0215. The molecule has 2 fully saturated rings. The molecule has 124 valence electrons. The third kappa shape index (κ3) is 3.84. The van der Waals surface area contributed by atoms with Crippen molar-refractivity contribution in [2.24, 2.45) is 23.7 Å². The number of aliphatic carboxylic acids is 1. The van der Waals surface area contributed by atoms with Gasteiger partial charge >= 0.3 is 5.97 Å². The van der Waals surface area contributed by atoms with Crippen LogP contribution in [0.4, 0.5) is 0 Å². The number of ether oxygens (including phenoxy) is 1. The van der Waals surface area contributed by atoms with E-state index in [1.807, 2.05) is 24.3 Å². The van der Waals surface area contributed by atoms with E-state index in [4.69, 9.17) is 4.74 Å². The Morgan fingerprint density at radius 2 is 2.09 bits per heavy atom. The lowest BCUT2D eigenvalue weighted by molar-refractivity contribution is -0.141. The summed E-state index contributed by atoms with van der Waals surface area (Å²) < 4.78 is 5.27. The average molecular weight is 317 g/mol. The zero-order chi connectivity index (χ0) is 16.4. The maximum Gasteiger partial charge on any atom is 0.308 e. The predicted octanol–water partition coefficient (Wildman–Crippen LogP) is 2.10. The highest BCUT2D eigenvalue weighted by molar-refractivity contribution is 5.82. The lowest BCUT2D eigenvalue weighted by Crippen LogP contribution is -2.35. The topological polar surface area (TPSA) is 75.6 Å². The monoisotopic (exact) mass is 317 g/mol. The van der Waals surface area contributed by atoms with Crippen molar-refractivity contribution in [1.29, 1.82) is 0 Å². The van der Waals surface area contributed by atoms with Gasteiger partial charge in [0.2, 0.25) is 5.91 Å². The first-order valence-corrected chi connectivity index (χ1v) is 8.22. The Bertz CT molecular complexity index is 596. The molecule has 0 radical (unpaired) electrons. The van der Waals surface area contributed by atoms with Gasteiger partial charge in [-0.3, -0.25) is 9.59 Å². The van der Waals surface area contributed by atoms with E-state index in [9.17, 15) is 14.7 Å². The Labute approximate surface area is 136 Å². The van der Waals surface area contributed by atoms with Gasteiger partial charge < -0.3 is 15.2 Å². The van der Waals surface area contributed by atoms with Gasteiger partial charge in [0.15, 0.2) is 0 Å². The molecule has 1 aromatic rings. The van der Waals surface area contributed by atoms with Crippen LogP contribution in [0, 0.1) is 23.7 Å². The first-order chi connectivity index (χ1) is 11.1. The summed E-state index contributed by atoms with van der Waals surface area (Å²) >= 11 is 0.